The van der Waals surface area contributed by atoms with Crippen molar-refractivity contribution >= 4 is 11.6 Å². The van der Waals surface area contributed by atoms with Crippen molar-refractivity contribution in [3.63, 3.8) is 0 Å². The number of H-pyrrole nitrogens is 1. The first-order valence-electron chi connectivity index (χ1n) is 8.69. The van der Waals surface area contributed by atoms with Gasteiger partial charge in [0.25, 0.3) is 5.56 Å². The van der Waals surface area contributed by atoms with Gasteiger partial charge in [-0.3, -0.25) is 19.2 Å². The molecule has 2 heterocycles. The molecule has 0 saturated carbocycles. The predicted octanol–water partition coefficient (Wildman–Crippen LogP) is 1.67. The summed E-state index contributed by atoms with van der Waals surface area (Å²) in [4.78, 5) is 32.1. The molecule has 1 fully saturated rings. The second-order valence-electron chi connectivity index (χ2n) is 6.31. The van der Waals surface area contributed by atoms with Crippen LogP contribution < -0.4 is 17.1 Å². The minimum Gasteiger partial charge on any atom is -0.394 e. The fourth-order valence-electron chi connectivity index (χ4n) is 2.79. The summed E-state index contributed by atoms with van der Waals surface area (Å²) in [5.41, 5.74) is 8.04. The molecule has 1 aliphatic heterocycles. The van der Waals surface area contributed by atoms with E-state index in [4.69, 9.17) is 32.9 Å². The van der Waals surface area contributed by atoms with Crippen LogP contribution in [0.15, 0.2) is 39.1 Å². The van der Waals surface area contributed by atoms with Crippen LogP contribution in [0.3, 0.4) is 0 Å². The molecule has 1 aromatic carbocycles. The number of aliphatic hydroxyl groups excluding tert-OH is 1. The molecule has 162 valence electrons. The molecule has 13 heteroatoms. The highest BCUT2D eigenvalue weighted by Gasteiger charge is 2.35. The maximum atomic E-state index is 12.8. The second kappa shape index (κ2) is 10.9. The lowest BCUT2D eigenvalue weighted by molar-refractivity contribution is -0.0271. The lowest BCUT2D eigenvalue weighted by Gasteiger charge is -2.14. The van der Waals surface area contributed by atoms with Gasteiger partial charge in [0, 0.05) is 33.7 Å². The number of nitrogens with two attached hydrogens (primary N) is 1. The maximum Gasteiger partial charge on any atom is 0.330 e. The SMILES string of the molecule is Cc1cn([C@H]2C[C@H](N=[N+]=[N-])[C@@H](CO)O2)c(=O)[nH]c1=O.NOCc1c(F)cccc1Cl. The summed E-state index contributed by atoms with van der Waals surface area (Å²) in [6.45, 7) is 1.25. The third kappa shape index (κ3) is 5.66. The van der Waals surface area contributed by atoms with Crippen LogP contribution in [0.2, 0.25) is 5.02 Å². The Hall–Kier alpha value is -2.73. The average Bonchev–Trinajstić information content (AvgIpc) is 3.11. The molecule has 1 aliphatic rings. The number of aromatic nitrogens is 2. The van der Waals surface area contributed by atoms with E-state index in [1.807, 2.05) is 0 Å². The van der Waals surface area contributed by atoms with Gasteiger partial charge in [-0.1, -0.05) is 22.8 Å². The van der Waals surface area contributed by atoms with Crippen molar-refractivity contribution in [2.24, 2.45) is 11.0 Å². The third-order valence-corrected chi connectivity index (χ3v) is 4.68. The minimum atomic E-state index is -0.671. The van der Waals surface area contributed by atoms with Crippen LogP contribution in [0.5, 0.6) is 0 Å². The van der Waals surface area contributed by atoms with Crippen LogP contribution in [0.25, 0.3) is 10.4 Å². The van der Waals surface area contributed by atoms with Gasteiger partial charge in [0.2, 0.25) is 0 Å². The van der Waals surface area contributed by atoms with E-state index in [0.717, 1.165) is 0 Å². The number of aryl methyl sites for hydroxylation is 1. The Bertz CT molecular complexity index is 1020. The van der Waals surface area contributed by atoms with Crippen LogP contribution in [-0.2, 0) is 16.2 Å². The predicted molar refractivity (Wildman–Crippen MR) is 105 cm³/mol. The summed E-state index contributed by atoms with van der Waals surface area (Å²) in [6.07, 6.45) is 0.329. The Kier molecular flexibility index (Phi) is 8.54. The number of ether oxygens (including phenoxy) is 1. The van der Waals surface area contributed by atoms with E-state index in [1.54, 1.807) is 13.0 Å². The molecule has 3 atom stereocenters. The zero-order valence-corrected chi connectivity index (χ0v) is 16.6. The number of hydrogen-bond acceptors (Lipinski definition) is 7. The van der Waals surface area contributed by atoms with Gasteiger partial charge in [-0.2, -0.15) is 0 Å². The van der Waals surface area contributed by atoms with Crippen molar-refractivity contribution in [1.29, 1.82) is 0 Å². The fraction of sp³-hybridized carbons (Fsp3) is 0.412. The molecule has 4 N–H and O–H groups in total. The quantitative estimate of drug-likeness (QED) is 0.275. The van der Waals surface area contributed by atoms with E-state index in [1.165, 1.54) is 22.9 Å². The number of rotatable bonds is 5. The van der Waals surface area contributed by atoms with Crippen LogP contribution in [0.1, 0.15) is 23.8 Å². The first kappa shape index (κ1) is 23.5. The molecule has 0 unspecified atom stereocenters. The number of halogens is 2. The average molecular weight is 443 g/mol. The fourth-order valence-corrected chi connectivity index (χ4v) is 3.01. The monoisotopic (exact) mass is 442 g/mol. The summed E-state index contributed by atoms with van der Waals surface area (Å²) in [6, 6.07) is 3.87. The van der Waals surface area contributed by atoms with Crippen LogP contribution in [0.4, 0.5) is 4.39 Å². The van der Waals surface area contributed by atoms with Crippen molar-refractivity contribution in [2.75, 3.05) is 6.61 Å². The van der Waals surface area contributed by atoms with Crippen molar-refractivity contribution in [1.82, 2.24) is 9.55 Å². The Balaban J connectivity index is 0.000000248. The first-order chi connectivity index (χ1) is 14.3. The summed E-state index contributed by atoms with van der Waals surface area (Å²) in [5, 5.41) is 13.0. The van der Waals surface area contributed by atoms with E-state index >= 15 is 0 Å². The third-order valence-electron chi connectivity index (χ3n) is 4.33. The molecule has 2 aromatic rings. The van der Waals surface area contributed by atoms with Gasteiger partial charge in [0.05, 0.1) is 25.4 Å². The first-order valence-corrected chi connectivity index (χ1v) is 9.07. The van der Waals surface area contributed by atoms with Gasteiger partial charge in [0.15, 0.2) is 0 Å². The summed E-state index contributed by atoms with van der Waals surface area (Å²) in [7, 11) is 0. The van der Waals surface area contributed by atoms with Crippen molar-refractivity contribution in [2.45, 2.75) is 38.3 Å². The van der Waals surface area contributed by atoms with Crippen LogP contribution >= 0.6 is 11.6 Å². The smallest absolute Gasteiger partial charge is 0.330 e. The molecule has 0 aliphatic carbocycles. The molecular formula is C17H20ClFN6O5. The van der Waals surface area contributed by atoms with E-state index in [9.17, 15) is 14.0 Å². The van der Waals surface area contributed by atoms with Gasteiger partial charge in [-0.15, -0.1) is 0 Å². The van der Waals surface area contributed by atoms with Crippen molar-refractivity contribution in [3.8, 4) is 0 Å². The highest BCUT2D eigenvalue weighted by Crippen LogP contribution is 2.29. The van der Waals surface area contributed by atoms with E-state index in [-0.39, 0.29) is 25.2 Å². The number of azide groups is 1. The molecule has 1 saturated heterocycles. The number of hydrogen-bond donors (Lipinski definition) is 3. The molecule has 0 radical (unpaired) electrons. The Labute approximate surface area is 174 Å². The molecule has 3 rings (SSSR count). The molecule has 30 heavy (non-hydrogen) atoms. The molecule has 11 nitrogen and oxygen atoms in total. The van der Waals surface area contributed by atoms with Crippen LogP contribution in [-0.4, -0.2) is 33.4 Å². The normalized spacial score (nSPS) is 20.2. The molecule has 1 aromatic heterocycles. The van der Waals surface area contributed by atoms with Gasteiger partial charge in [0.1, 0.15) is 12.0 Å². The number of aliphatic hydroxyl groups is 1. The van der Waals surface area contributed by atoms with Crippen molar-refractivity contribution in [3.05, 3.63) is 77.6 Å². The topological polar surface area (TPSA) is 168 Å². The lowest BCUT2D eigenvalue weighted by atomic mass is 10.1. The Morgan fingerprint density at radius 3 is 2.87 bits per heavy atom. The van der Waals surface area contributed by atoms with Crippen molar-refractivity contribution < 1.29 is 19.1 Å². The standard InChI is InChI=1S/C10H13N5O4.C7H7ClFNO/c1-5-3-15(10(18)12-9(5)17)8-2-6(13-14-11)7(4-16)19-8;8-6-2-1-3-7(9)5(6)4-11-10/h3,6-8,16H,2,4H2,1H3,(H,12,17,18);1-3H,4,10H2/t6-,7+,8+;/m0./s1. The molecule has 0 spiro atoms. The number of aromatic amines is 1. The van der Waals surface area contributed by atoms with Gasteiger partial charge < -0.3 is 9.84 Å². The minimum absolute atomic E-state index is 0.00843. The maximum absolute atomic E-state index is 12.8. The number of nitrogens with one attached hydrogen (secondary N) is 1. The molecule has 0 bridgehead atoms. The Morgan fingerprint density at radius 1 is 1.53 bits per heavy atom. The van der Waals surface area contributed by atoms with E-state index in [2.05, 4.69) is 19.8 Å². The Morgan fingerprint density at radius 2 is 2.27 bits per heavy atom. The second-order valence-corrected chi connectivity index (χ2v) is 6.72. The van der Waals surface area contributed by atoms with E-state index < -0.39 is 35.4 Å². The molecular weight excluding hydrogens is 423 g/mol. The zero-order chi connectivity index (χ0) is 22.3. The summed E-state index contributed by atoms with van der Waals surface area (Å²) >= 11 is 5.63. The van der Waals surface area contributed by atoms with Gasteiger partial charge in [-0.25, -0.2) is 15.1 Å². The van der Waals surface area contributed by atoms with Gasteiger partial charge in [-0.05, 0) is 24.6 Å². The highest BCUT2D eigenvalue weighted by molar-refractivity contribution is 6.31. The number of nitrogens with zero attached hydrogens (tertiary/aromatic N) is 4. The zero-order valence-electron chi connectivity index (χ0n) is 15.9. The summed E-state index contributed by atoms with van der Waals surface area (Å²) < 4.78 is 19.5. The highest BCUT2D eigenvalue weighted by atomic mass is 35.5. The number of benzene rings is 1. The van der Waals surface area contributed by atoms with Crippen LogP contribution in [0, 0.1) is 12.7 Å². The van der Waals surface area contributed by atoms with Gasteiger partial charge >= 0.3 is 5.69 Å². The summed E-state index contributed by atoms with van der Waals surface area (Å²) in [5.74, 6) is 4.37. The van der Waals surface area contributed by atoms with E-state index in [0.29, 0.717) is 10.6 Å². The molecule has 0 amide bonds. The lowest BCUT2D eigenvalue weighted by Crippen LogP contribution is -2.33. The largest absolute Gasteiger partial charge is 0.394 e.